The molecule has 172 valence electrons. The van der Waals surface area contributed by atoms with E-state index in [0.717, 1.165) is 29.5 Å². The van der Waals surface area contributed by atoms with Crippen LogP contribution < -0.4 is 4.74 Å². The van der Waals surface area contributed by atoms with Crippen molar-refractivity contribution in [3.05, 3.63) is 88.3 Å². The first-order valence-electron chi connectivity index (χ1n) is 10.6. The summed E-state index contributed by atoms with van der Waals surface area (Å²) in [4.78, 5) is 17.0. The van der Waals surface area contributed by atoms with E-state index in [4.69, 9.17) is 16.3 Å². The Bertz CT molecular complexity index is 1270. The Morgan fingerprint density at radius 1 is 1.06 bits per heavy atom. The number of carbonyl (C=O) groups excluding carboxylic acids is 1. The van der Waals surface area contributed by atoms with E-state index < -0.39 is 21.3 Å². The molecule has 1 aromatic heterocycles. The van der Waals surface area contributed by atoms with Crippen LogP contribution in [0.3, 0.4) is 0 Å². The molecular formula is C25H23ClFNO4S. The van der Waals surface area contributed by atoms with Crippen molar-refractivity contribution in [3.8, 4) is 5.88 Å². The number of carbonyl (C=O) groups is 1. The maximum Gasteiger partial charge on any atom is 0.214 e. The second-order valence-electron chi connectivity index (χ2n) is 8.17. The van der Waals surface area contributed by atoms with Crippen LogP contribution in [-0.2, 0) is 33.1 Å². The Labute approximate surface area is 197 Å². The van der Waals surface area contributed by atoms with Gasteiger partial charge in [0.1, 0.15) is 17.2 Å². The lowest BCUT2D eigenvalue weighted by molar-refractivity contribution is -0.117. The van der Waals surface area contributed by atoms with Crippen molar-refractivity contribution < 1.29 is 22.3 Å². The number of hydrogen-bond acceptors (Lipinski definition) is 5. The van der Waals surface area contributed by atoms with Gasteiger partial charge in [-0.1, -0.05) is 42.8 Å². The molecule has 0 spiro atoms. The normalized spacial score (nSPS) is 14.6. The maximum absolute atomic E-state index is 13.8. The SMILES string of the molecule is CCS(=O)(=O)c1ccc(CC(=O)Cc2ccc(OC3(c4ccc(Cl)c(F)c4)CC3)nc2)cc1. The Hall–Kier alpha value is -2.77. The molecule has 1 saturated carbocycles. The van der Waals surface area contributed by atoms with Crippen LogP contribution in [0, 0.1) is 5.82 Å². The summed E-state index contributed by atoms with van der Waals surface area (Å²) in [5.41, 5.74) is 1.64. The van der Waals surface area contributed by atoms with E-state index in [1.807, 2.05) is 0 Å². The molecule has 1 aliphatic carbocycles. The smallest absolute Gasteiger partial charge is 0.214 e. The number of benzene rings is 2. The van der Waals surface area contributed by atoms with Crippen LogP contribution in [0.15, 0.2) is 65.7 Å². The molecule has 3 aromatic rings. The van der Waals surface area contributed by atoms with Crippen molar-refractivity contribution in [2.45, 2.75) is 43.1 Å². The Balaban J connectivity index is 1.36. The van der Waals surface area contributed by atoms with Crippen molar-refractivity contribution in [1.29, 1.82) is 0 Å². The number of aromatic nitrogens is 1. The number of ether oxygens (including phenoxy) is 1. The Kier molecular flexibility index (Phi) is 6.54. The van der Waals surface area contributed by atoms with Gasteiger partial charge in [0.15, 0.2) is 9.84 Å². The highest BCUT2D eigenvalue weighted by Gasteiger charge is 2.48. The minimum Gasteiger partial charge on any atom is -0.466 e. The lowest BCUT2D eigenvalue weighted by Crippen LogP contribution is -2.16. The number of nitrogens with zero attached hydrogens (tertiary/aromatic N) is 1. The average Bonchev–Trinajstić information content (AvgIpc) is 3.58. The molecule has 5 nitrogen and oxygen atoms in total. The summed E-state index contributed by atoms with van der Waals surface area (Å²) in [6.07, 6.45) is 3.52. The molecule has 4 rings (SSSR count). The quantitative estimate of drug-likeness (QED) is 0.420. The second-order valence-corrected chi connectivity index (χ2v) is 10.9. The van der Waals surface area contributed by atoms with Gasteiger partial charge < -0.3 is 4.74 Å². The molecular weight excluding hydrogens is 465 g/mol. The maximum atomic E-state index is 13.8. The monoisotopic (exact) mass is 487 g/mol. The van der Waals surface area contributed by atoms with Gasteiger partial charge in [-0.05, 0) is 53.8 Å². The van der Waals surface area contributed by atoms with Crippen LogP contribution >= 0.6 is 11.6 Å². The molecule has 0 radical (unpaired) electrons. The Morgan fingerprint density at radius 2 is 1.73 bits per heavy atom. The predicted molar refractivity (Wildman–Crippen MR) is 124 cm³/mol. The predicted octanol–water partition coefficient (Wildman–Crippen LogP) is 5.09. The highest BCUT2D eigenvalue weighted by atomic mass is 35.5. The minimum atomic E-state index is -3.26. The van der Waals surface area contributed by atoms with E-state index in [1.165, 1.54) is 24.3 Å². The van der Waals surface area contributed by atoms with Gasteiger partial charge in [0, 0.05) is 25.1 Å². The largest absolute Gasteiger partial charge is 0.466 e. The molecule has 0 bridgehead atoms. The summed E-state index contributed by atoms with van der Waals surface area (Å²) in [7, 11) is -3.26. The van der Waals surface area contributed by atoms with Crippen LogP contribution in [0.25, 0.3) is 0 Å². The highest BCUT2D eigenvalue weighted by molar-refractivity contribution is 7.91. The Morgan fingerprint density at radius 3 is 2.30 bits per heavy atom. The van der Waals surface area contributed by atoms with Gasteiger partial charge in [-0.15, -0.1) is 0 Å². The number of pyridine rings is 1. The zero-order valence-electron chi connectivity index (χ0n) is 18.1. The van der Waals surface area contributed by atoms with Crippen molar-refractivity contribution in [2.75, 3.05) is 5.75 Å². The summed E-state index contributed by atoms with van der Waals surface area (Å²) in [5.74, 6) is -0.0403. The summed E-state index contributed by atoms with van der Waals surface area (Å²) < 4.78 is 43.7. The standard InChI is InChI=1S/C25H23ClFNO4S/c1-2-33(30,31)21-7-3-17(4-8-21)13-20(29)14-18-5-10-24(28-16-18)32-25(11-12-25)19-6-9-22(26)23(27)15-19/h3-10,15-16H,2,11-14H2,1H3. The third-order valence-corrected chi connectivity index (χ3v) is 7.77. The lowest BCUT2D eigenvalue weighted by Gasteiger charge is -2.18. The summed E-state index contributed by atoms with van der Waals surface area (Å²) in [6.45, 7) is 1.60. The number of ketones is 1. The fourth-order valence-corrected chi connectivity index (χ4v) is 4.62. The number of Topliss-reactive ketones (excluding diaryl/α,β-unsaturated/α-hetero) is 1. The number of rotatable bonds is 9. The molecule has 0 atom stereocenters. The van der Waals surface area contributed by atoms with Gasteiger partial charge in [0.2, 0.25) is 5.88 Å². The third kappa shape index (κ3) is 5.42. The van der Waals surface area contributed by atoms with E-state index in [1.54, 1.807) is 43.5 Å². The van der Waals surface area contributed by atoms with Crippen LogP contribution in [0.1, 0.15) is 36.5 Å². The van der Waals surface area contributed by atoms with Crippen LogP contribution in [0.4, 0.5) is 4.39 Å². The highest BCUT2D eigenvalue weighted by Crippen LogP contribution is 2.49. The number of sulfone groups is 1. The van der Waals surface area contributed by atoms with Gasteiger partial charge in [-0.2, -0.15) is 0 Å². The van der Waals surface area contributed by atoms with Crippen LogP contribution in [-0.4, -0.2) is 24.9 Å². The van der Waals surface area contributed by atoms with Crippen LogP contribution in [0.5, 0.6) is 5.88 Å². The van der Waals surface area contributed by atoms with Gasteiger partial charge in [-0.25, -0.2) is 17.8 Å². The first-order valence-corrected chi connectivity index (χ1v) is 12.7. The van der Waals surface area contributed by atoms with Gasteiger partial charge in [-0.3, -0.25) is 4.79 Å². The van der Waals surface area contributed by atoms with Gasteiger partial charge in [0.05, 0.1) is 15.7 Å². The lowest BCUT2D eigenvalue weighted by atomic mass is 10.0. The summed E-state index contributed by atoms with van der Waals surface area (Å²) in [6, 6.07) is 14.6. The number of halogens is 2. The van der Waals surface area contributed by atoms with E-state index >= 15 is 0 Å². The molecule has 0 unspecified atom stereocenters. The molecule has 0 aliphatic heterocycles. The molecule has 33 heavy (non-hydrogen) atoms. The van der Waals surface area contributed by atoms with E-state index in [2.05, 4.69) is 4.98 Å². The fraction of sp³-hybridized carbons (Fsp3) is 0.280. The average molecular weight is 488 g/mol. The molecule has 1 fully saturated rings. The molecule has 2 aromatic carbocycles. The molecule has 8 heteroatoms. The van der Waals surface area contributed by atoms with E-state index in [0.29, 0.717) is 5.88 Å². The topological polar surface area (TPSA) is 73.3 Å². The first kappa shape index (κ1) is 23.4. The first-order chi connectivity index (χ1) is 15.7. The molecule has 1 aliphatic rings. The zero-order chi connectivity index (χ0) is 23.6. The van der Waals surface area contributed by atoms with Gasteiger partial charge >= 0.3 is 0 Å². The summed E-state index contributed by atoms with van der Waals surface area (Å²) >= 11 is 5.77. The van der Waals surface area contributed by atoms with E-state index in [9.17, 15) is 17.6 Å². The van der Waals surface area contributed by atoms with Crippen molar-refractivity contribution in [2.24, 2.45) is 0 Å². The molecule has 0 saturated heterocycles. The van der Waals surface area contributed by atoms with Crippen molar-refractivity contribution >= 4 is 27.2 Å². The van der Waals surface area contributed by atoms with Crippen molar-refractivity contribution in [3.63, 3.8) is 0 Å². The van der Waals surface area contributed by atoms with Gasteiger partial charge in [0.25, 0.3) is 0 Å². The van der Waals surface area contributed by atoms with Crippen LogP contribution in [0.2, 0.25) is 5.02 Å². The van der Waals surface area contributed by atoms with E-state index in [-0.39, 0.29) is 34.3 Å². The second kappa shape index (κ2) is 9.23. The zero-order valence-corrected chi connectivity index (χ0v) is 19.6. The third-order valence-electron chi connectivity index (χ3n) is 5.71. The summed E-state index contributed by atoms with van der Waals surface area (Å²) in [5, 5.41) is 0.0728. The fourth-order valence-electron chi connectivity index (χ4n) is 3.62. The number of hydrogen-bond donors (Lipinski definition) is 0. The molecule has 0 N–H and O–H groups in total. The van der Waals surface area contributed by atoms with Crippen molar-refractivity contribution in [1.82, 2.24) is 4.98 Å². The molecule has 1 heterocycles. The minimum absolute atomic E-state index is 0.00753. The molecule has 0 amide bonds.